The summed E-state index contributed by atoms with van der Waals surface area (Å²) in [6.45, 7) is 0.485. The first-order chi connectivity index (χ1) is 8.46. The Kier molecular flexibility index (Phi) is 4.94. The summed E-state index contributed by atoms with van der Waals surface area (Å²) in [4.78, 5) is 33.2. The molecule has 0 unspecified atom stereocenters. The molecule has 7 heteroatoms. The number of nitrogens with one attached hydrogen (secondary N) is 2. The molecule has 102 valence electrons. The van der Waals surface area contributed by atoms with Gasteiger partial charge in [-0.15, -0.1) is 0 Å². The molecule has 5 N–H and O–H groups in total. The van der Waals surface area contributed by atoms with Gasteiger partial charge in [0.1, 0.15) is 0 Å². The minimum absolute atomic E-state index is 0.00109. The average Bonchev–Trinajstić information content (AvgIpc) is 2.74. The van der Waals surface area contributed by atoms with E-state index in [2.05, 4.69) is 10.6 Å². The standard InChI is InChI=1S/C11H19N3O4/c12-10(18)14-6-5-13-8(15)7-11(9(16)17)3-1-2-4-11/h1-7H2,(H,13,15)(H,16,17)(H3,12,14,18). The number of aliphatic carboxylic acids is 1. The molecule has 0 aromatic carbocycles. The van der Waals surface area contributed by atoms with Crippen molar-refractivity contribution in [3.05, 3.63) is 0 Å². The Morgan fingerprint density at radius 1 is 1.11 bits per heavy atom. The normalized spacial score (nSPS) is 17.1. The number of carboxylic acids is 1. The highest BCUT2D eigenvalue weighted by Gasteiger charge is 2.42. The summed E-state index contributed by atoms with van der Waals surface area (Å²) < 4.78 is 0. The average molecular weight is 257 g/mol. The van der Waals surface area contributed by atoms with E-state index in [1.54, 1.807) is 0 Å². The van der Waals surface area contributed by atoms with E-state index in [1.165, 1.54) is 0 Å². The van der Waals surface area contributed by atoms with Gasteiger partial charge in [-0.25, -0.2) is 4.79 Å². The summed E-state index contributed by atoms with van der Waals surface area (Å²) in [6.07, 6.45) is 2.80. The van der Waals surface area contributed by atoms with Crippen LogP contribution in [0.3, 0.4) is 0 Å². The molecule has 0 radical (unpaired) electrons. The highest BCUT2D eigenvalue weighted by atomic mass is 16.4. The van der Waals surface area contributed by atoms with Crippen molar-refractivity contribution >= 4 is 17.9 Å². The minimum atomic E-state index is -0.902. The summed E-state index contributed by atoms with van der Waals surface area (Å²) in [6, 6.07) is -0.651. The molecule has 0 aromatic rings. The number of rotatable bonds is 6. The third-order valence-electron chi connectivity index (χ3n) is 3.26. The molecule has 0 spiro atoms. The van der Waals surface area contributed by atoms with Gasteiger partial charge in [-0.05, 0) is 12.8 Å². The summed E-state index contributed by atoms with van der Waals surface area (Å²) in [5, 5.41) is 14.1. The van der Waals surface area contributed by atoms with E-state index in [4.69, 9.17) is 5.73 Å². The molecule has 1 rings (SSSR count). The van der Waals surface area contributed by atoms with Crippen LogP contribution in [0.5, 0.6) is 0 Å². The quantitative estimate of drug-likeness (QED) is 0.492. The topological polar surface area (TPSA) is 122 Å². The lowest BCUT2D eigenvalue weighted by Gasteiger charge is -2.22. The number of nitrogens with two attached hydrogens (primary N) is 1. The van der Waals surface area contributed by atoms with Crippen LogP contribution in [0.4, 0.5) is 4.79 Å². The maximum atomic E-state index is 11.6. The molecule has 0 atom stereocenters. The van der Waals surface area contributed by atoms with Crippen LogP contribution in [0, 0.1) is 5.41 Å². The molecule has 0 saturated heterocycles. The first kappa shape index (κ1) is 14.3. The van der Waals surface area contributed by atoms with E-state index in [9.17, 15) is 19.5 Å². The summed E-state index contributed by atoms with van der Waals surface area (Å²) in [5.41, 5.74) is 3.96. The predicted molar refractivity (Wildman–Crippen MR) is 63.7 cm³/mol. The molecule has 1 aliphatic rings. The van der Waals surface area contributed by atoms with Gasteiger partial charge in [0.05, 0.1) is 5.41 Å². The molecule has 0 aliphatic heterocycles. The first-order valence-electron chi connectivity index (χ1n) is 6.00. The number of hydrogen-bond donors (Lipinski definition) is 4. The molecule has 18 heavy (non-hydrogen) atoms. The molecule has 3 amide bonds. The van der Waals surface area contributed by atoms with Crippen molar-refractivity contribution in [1.29, 1.82) is 0 Å². The zero-order valence-corrected chi connectivity index (χ0v) is 10.2. The monoisotopic (exact) mass is 257 g/mol. The van der Waals surface area contributed by atoms with Crippen LogP contribution in [0.15, 0.2) is 0 Å². The lowest BCUT2D eigenvalue weighted by atomic mass is 9.82. The van der Waals surface area contributed by atoms with Gasteiger partial charge in [0.15, 0.2) is 0 Å². The number of primary amides is 1. The molecule has 0 heterocycles. The van der Waals surface area contributed by atoms with Gasteiger partial charge in [-0.3, -0.25) is 9.59 Å². The molecule has 7 nitrogen and oxygen atoms in total. The maximum absolute atomic E-state index is 11.6. The number of carbonyl (C=O) groups excluding carboxylic acids is 2. The van der Waals surface area contributed by atoms with Gasteiger partial charge in [-0.1, -0.05) is 12.8 Å². The highest BCUT2D eigenvalue weighted by Crippen LogP contribution is 2.41. The van der Waals surface area contributed by atoms with Crippen LogP contribution in [0.1, 0.15) is 32.1 Å². The zero-order valence-electron chi connectivity index (χ0n) is 10.2. The predicted octanol–water partition coefficient (Wildman–Crippen LogP) is -0.194. The van der Waals surface area contributed by atoms with Gasteiger partial charge < -0.3 is 21.5 Å². The second-order valence-electron chi connectivity index (χ2n) is 4.61. The lowest BCUT2D eigenvalue weighted by molar-refractivity contribution is -0.151. The second-order valence-corrected chi connectivity index (χ2v) is 4.61. The fraction of sp³-hybridized carbons (Fsp3) is 0.727. The van der Waals surface area contributed by atoms with E-state index in [0.717, 1.165) is 12.8 Å². The number of carbonyl (C=O) groups is 3. The van der Waals surface area contributed by atoms with Crippen molar-refractivity contribution in [3.63, 3.8) is 0 Å². The Bertz CT molecular complexity index is 337. The van der Waals surface area contributed by atoms with Crippen LogP contribution in [-0.4, -0.2) is 36.1 Å². The third-order valence-corrected chi connectivity index (χ3v) is 3.26. The van der Waals surface area contributed by atoms with Crippen molar-refractivity contribution in [2.75, 3.05) is 13.1 Å². The Morgan fingerprint density at radius 2 is 1.67 bits per heavy atom. The Hall–Kier alpha value is -1.79. The molecule has 0 bridgehead atoms. The van der Waals surface area contributed by atoms with E-state index in [1.807, 2.05) is 0 Å². The SMILES string of the molecule is NC(=O)NCCNC(=O)CC1(C(=O)O)CCCC1. The fourth-order valence-corrected chi connectivity index (χ4v) is 2.28. The first-order valence-corrected chi connectivity index (χ1v) is 6.00. The van der Waals surface area contributed by atoms with E-state index < -0.39 is 17.4 Å². The molecular weight excluding hydrogens is 238 g/mol. The van der Waals surface area contributed by atoms with Crippen molar-refractivity contribution in [1.82, 2.24) is 10.6 Å². The van der Waals surface area contributed by atoms with Crippen LogP contribution < -0.4 is 16.4 Å². The Morgan fingerprint density at radius 3 is 2.17 bits per heavy atom. The lowest BCUT2D eigenvalue weighted by Crippen LogP contribution is -2.40. The molecular formula is C11H19N3O4. The Labute approximate surface area is 105 Å². The van der Waals surface area contributed by atoms with E-state index in [0.29, 0.717) is 12.8 Å². The Balaban J connectivity index is 2.34. The summed E-state index contributed by atoms with van der Waals surface area (Å²) >= 11 is 0. The van der Waals surface area contributed by atoms with Crippen molar-refractivity contribution in [2.45, 2.75) is 32.1 Å². The number of urea groups is 1. The van der Waals surface area contributed by atoms with Crippen LogP contribution >= 0.6 is 0 Å². The summed E-state index contributed by atoms with van der Waals surface area (Å²) in [7, 11) is 0. The third kappa shape index (κ3) is 3.90. The van der Waals surface area contributed by atoms with Gasteiger partial charge in [0.2, 0.25) is 5.91 Å². The van der Waals surface area contributed by atoms with Crippen LogP contribution in [0.2, 0.25) is 0 Å². The number of hydrogen-bond acceptors (Lipinski definition) is 3. The van der Waals surface area contributed by atoms with Gasteiger partial charge in [-0.2, -0.15) is 0 Å². The minimum Gasteiger partial charge on any atom is -0.481 e. The molecule has 1 aliphatic carbocycles. The largest absolute Gasteiger partial charge is 0.481 e. The van der Waals surface area contributed by atoms with Gasteiger partial charge >= 0.3 is 12.0 Å². The van der Waals surface area contributed by atoms with Crippen LogP contribution in [-0.2, 0) is 9.59 Å². The molecule has 1 fully saturated rings. The van der Waals surface area contributed by atoms with Crippen molar-refractivity contribution in [3.8, 4) is 0 Å². The van der Waals surface area contributed by atoms with Crippen molar-refractivity contribution in [2.24, 2.45) is 11.1 Å². The number of amides is 3. The van der Waals surface area contributed by atoms with E-state index in [-0.39, 0.29) is 25.4 Å². The van der Waals surface area contributed by atoms with E-state index >= 15 is 0 Å². The summed E-state index contributed by atoms with van der Waals surface area (Å²) in [5.74, 6) is -1.20. The fourth-order valence-electron chi connectivity index (χ4n) is 2.28. The highest BCUT2D eigenvalue weighted by molar-refractivity contribution is 5.85. The smallest absolute Gasteiger partial charge is 0.312 e. The van der Waals surface area contributed by atoms with Crippen molar-refractivity contribution < 1.29 is 19.5 Å². The maximum Gasteiger partial charge on any atom is 0.312 e. The number of carboxylic acid groups (broad SMARTS) is 1. The second kappa shape index (κ2) is 6.23. The van der Waals surface area contributed by atoms with Crippen LogP contribution in [0.25, 0.3) is 0 Å². The van der Waals surface area contributed by atoms with Gasteiger partial charge in [0.25, 0.3) is 0 Å². The van der Waals surface area contributed by atoms with Gasteiger partial charge in [0, 0.05) is 19.5 Å². The molecule has 0 aromatic heterocycles. The molecule has 1 saturated carbocycles. The zero-order chi connectivity index (χ0) is 13.6.